The summed E-state index contributed by atoms with van der Waals surface area (Å²) in [6.07, 6.45) is 11.0. The van der Waals surface area contributed by atoms with Crippen molar-refractivity contribution in [2.45, 2.75) is 77.2 Å². The average molecular weight is 320 g/mol. The van der Waals surface area contributed by atoms with E-state index >= 15 is 0 Å². The number of likely N-dealkylation sites (tertiary alicyclic amines) is 1. The van der Waals surface area contributed by atoms with E-state index in [1.807, 2.05) is 0 Å². The first-order chi connectivity index (χ1) is 11.2. The Morgan fingerprint density at radius 3 is 2.39 bits per heavy atom. The topological polar surface area (TPSA) is 49.4 Å². The maximum atomic E-state index is 12.4. The van der Waals surface area contributed by atoms with Crippen LogP contribution in [0, 0.1) is 17.8 Å². The van der Waals surface area contributed by atoms with E-state index < -0.39 is 0 Å². The molecule has 1 saturated heterocycles. The lowest BCUT2D eigenvalue weighted by atomic mass is 9.81. The summed E-state index contributed by atoms with van der Waals surface area (Å²) >= 11 is 0. The molecule has 1 N–H and O–H groups in total. The molecule has 4 heteroatoms. The van der Waals surface area contributed by atoms with Gasteiger partial charge in [0, 0.05) is 31.5 Å². The Balaban J connectivity index is 1.47. The molecule has 1 aliphatic heterocycles. The van der Waals surface area contributed by atoms with Gasteiger partial charge in [0.15, 0.2) is 0 Å². The van der Waals surface area contributed by atoms with Crippen LogP contribution in [0.1, 0.15) is 71.1 Å². The van der Waals surface area contributed by atoms with E-state index in [0.29, 0.717) is 36.1 Å². The summed E-state index contributed by atoms with van der Waals surface area (Å²) in [5.74, 6) is 1.87. The fraction of sp³-hybridized carbons (Fsp3) is 0.895. The van der Waals surface area contributed by atoms with Crippen molar-refractivity contribution >= 4 is 11.8 Å². The van der Waals surface area contributed by atoms with Gasteiger partial charge in [-0.3, -0.25) is 9.59 Å². The highest BCUT2D eigenvalue weighted by Gasteiger charge is 2.38. The zero-order chi connectivity index (χ0) is 16.2. The number of carbonyl (C=O) groups excluding carboxylic acids is 2. The van der Waals surface area contributed by atoms with Crippen LogP contribution in [0.2, 0.25) is 0 Å². The predicted molar refractivity (Wildman–Crippen MR) is 90.8 cm³/mol. The van der Waals surface area contributed by atoms with Gasteiger partial charge in [0.25, 0.3) is 0 Å². The number of hydrogen-bond acceptors (Lipinski definition) is 2. The molecular formula is C19H32N2O2. The lowest BCUT2D eigenvalue weighted by molar-refractivity contribution is -0.135. The van der Waals surface area contributed by atoms with Crippen LogP contribution >= 0.6 is 0 Å². The second-order valence-electron chi connectivity index (χ2n) is 7.88. The highest BCUT2D eigenvalue weighted by atomic mass is 16.2. The Labute approximate surface area is 140 Å². The molecule has 2 amide bonds. The van der Waals surface area contributed by atoms with Gasteiger partial charge in [-0.15, -0.1) is 0 Å². The van der Waals surface area contributed by atoms with E-state index in [2.05, 4.69) is 17.1 Å². The van der Waals surface area contributed by atoms with Crippen LogP contribution in [0.15, 0.2) is 0 Å². The van der Waals surface area contributed by atoms with Crippen LogP contribution in [-0.2, 0) is 9.59 Å². The van der Waals surface area contributed by atoms with Crippen molar-refractivity contribution in [3.63, 3.8) is 0 Å². The molecule has 0 spiro atoms. The molecule has 2 atom stereocenters. The Morgan fingerprint density at radius 1 is 1.00 bits per heavy atom. The van der Waals surface area contributed by atoms with E-state index in [0.717, 1.165) is 51.6 Å². The van der Waals surface area contributed by atoms with Crippen molar-refractivity contribution in [1.29, 1.82) is 0 Å². The molecule has 130 valence electrons. The maximum Gasteiger partial charge on any atom is 0.225 e. The Hall–Kier alpha value is -1.06. The minimum absolute atomic E-state index is 0.238. The largest absolute Gasteiger partial charge is 0.353 e. The Kier molecular flexibility index (Phi) is 5.60. The van der Waals surface area contributed by atoms with Crippen molar-refractivity contribution in [1.82, 2.24) is 10.2 Å². The predicted octanol–water partition coefficient (Wildman–Crippen LogP) is 3.11. The molecule has 23 heavy (non-hydrogen) atoms. The summed E-state index contributed by atoms with van der Waals surface area (Å²) < 4.78 is 0. The summed E-state index contributed by atoms with van der Waals surface area (Å²) in [4.78, 5) is 26.7. The highest BCUT2D eigenvalue weighted by molar-refractivity contribution is 5.81. The molecule has 3 aliphatic rings. The first-order valence-corrected chi connectivity index (χ1v) is 9.75. The van der Waals surface area contributed by atoms with Gasteiger partial charge in [0.2, 0.25) is 11.8 Å². The monoisotopic (exact) mass is 320 g/mol. The standard InChI is InChI=1S/C19H32N2O2/c1-2-14-13-21(19(23)15-8-9-15)11-10-16(14)12-18(22)20-17-6-4-3-5-7-17/h14-17H,2-13H2,1H3,(H,20,22). The lowest BCUT2D eigenvalue weighted by Gasteiger charge is -2.38. The van der Waals surface area contributed by atoms with Crippen LogP contribution in [0.25, 0.3) is 0 Å². The van der Waals surface area contributed by atoms with Crippen molar-refractivity contribution < 1.29 is 9.59 Å². The summed E-state index contributed by atoms with van der Waals surface area (Å²) in [7, 11) is 0. The minimum Gasteiger partial charge on any atom is -0.353 e. The summed E-state index contributed by atoms with van der Waals surface area (Å²) in [6.45, 7) is 3.92. The van der Waals surface area contributed by atoms with E-state index in [1.54, 1.807) is 0 Å². The maximum absolute atomic E-state index is 12.4. The van der Waals surface area contributed by atoms with E-state index in [1.165, 1.54) is 19.3 Å². The molecule has 3 fully saturated rings. The first-order valence-electron chi connectivity index (χ1n) is 9.75. The van der Waals surface area contributed by atoms with Crippen molar-refractivity contribution in [3.05, 3.63) is 0 Å². The molecule has 0 bridgehead atoms. The van der Waals surface area contributed by atoms with E-state index in [9.17, 15) is 9.59 Å². The molecule has 0 aromatic carbocycles. The third kappa shape index (κ3) is 4.48. The number of rotatable bonds is 5. The van der Waals surface area contributed by atoms with Crippen LogP contribution < -0.4 is 5.32 Å². The number of hydrogen-bond donors (Lipinski definition) is 1. The van der Waals surface area contributed by atoms with Gasteiger partial charge in [-0.05, 0) is 43.9 Å². The van der Waals surface area contributed by atoms with Gasteiger partial charge >= 0.3 is 0 Å². The highest BCUT2D eigenvalue weighted by Crippen LogP contribution is 2.35. The quantitative estimate of drug-likeness (QED) is 0.846. The summed E-state index contributed by atoms with van der Waals surface area (Å²) in [5.41, 5.74) is 0. The van der Waals surface area contributed by atoms with Crippen LogP contribution in [0.3, 0.4) is 0 Å². The zero-order valence-corrected chi connectivity index (χ0v) is 14.6. The van der Waals surface area contributed by atoms with Crippen molar-refractivity contribution in [2.24, 2.45) is 17.8 Å². The molecule has 0 aromatic heterocycles. The number of piperidine rings is 1. The van der Waals surface area contributed by atoms with Gasteiger partial charge < -0.3 is 10.2 Å². The van der Waals surface area contributed by atoms with Gasteiger partial charge in [0.1, 0.15) is 0 Å². The number of nitrogens with zero attached hydrogens (tertiary/aromatic N) is 1. The smallest absolute Gasteiger partial charge is 0.225 e. The average Bonchev–Trinajstić information content (AvgIpc) is 3.40. The second-order valence-corrected chi connectivity index (χ2v) is 7.88. The number of carbonyl (C=O) groups is 2. The van der Waals surface area contributed by atoms with Crippen LogP contribution in [-0.4, -0.2) is 35.8 Å². The zero-order valence-electron chi connectivity index (χ0n) is 14.6. The van der Waals surface area contributed by atoms with Gasteiger partial charge in [-0.2, -0.15) is 0 Å². The second kappa shape index (κ2) is 7.67. The molecule has 0 radical (unpaired) electrons. The fourth-order valence-electron chi connectivity index (χ4n) is 4.37. The summed E-state index contributed by atoms with van der Waals surface area (Å²) in [5, 5.41) is 3.25. The normalized spacial score (nSPS) is 29.3. The fourth-order valence-corrected chi connectivity index (χ4v) is 4.37. The lowest BCUT2D eigenvalue weighted by Crippen LogP contribution is -2.46. The Bertz CT molecular complexity index is 427. The molecular weight excluding hydrogens is 288 g/mol. The Morgan fingerprint density at radius 2 is 1.74 bits per heavy atom. The third-order valence-electron chi connectivity index (χ3n) is 6.07. The molecule has 2 unspecified atom stereocenters. The molecule has 4 nitrogen and oxygen atoms in total. The van der Waals surface area contributed by atoms with Gasteiger partial charge in [-0.25, -0.2) is 0 Å². The third-order valence-corrected chi connectivity index (χ3v) is 6.07. The molecule has 2 saturated carbocycles. The molecule has 2 aliphatic carbocycles. The first kappa shape index (κ1) is 16.8. The molecule has 3 rings (SSSR count). The van der Waals surface area contributed by atoms with Crippen LogP contribution in [0.5, 0.6) is 0 Å². The van der Waals surface area contributed by atoms with Crippen molar-refractivity contribution in [3.8, 4) is 0 Å². The van der Waals surface area contributed by atoms with Crippen molar-refractivity contribution in [2.75, 3.05) is 13.1 Å². The van der Waals surface area contributed by atoms with Gasteiger partial charge in [-0.1, -0.05) is 32.6 Å². The number of amides is 2. The molecule has 1 heterocycles. The number of nitrogens with one attached hydrogen (secondary N) is 1. The van der Waals surface area contributed by atoms with Crippen LogP contribution in [0.4, 0.5) is 0 Å². The minimum atomic E-state index is 0.238. The van der Waals surface area contributed by atoms with Gasteiger partial charge in [0.05, 0.1) is 0 Å². The van der Waals surface area contributed by atoms with E-state index in [4.69, 9.17) is 0 Å². The summed E-state index contributed by atoms with van der Waals surface area (Å²) in [6, 6.07) is 0.410. The SMILES string of the molecule is CCC1CN(C(=O)C2CC2)CCC1CC(=O)NC1CCCCC1. The van der Waals surface area contributed by atoms with E-state index in [-0.39, 0.29) is 5.91 Å². The molecule has 0 aromatic rings.